The van der Waals surface area contributed by atoms with Gasteiger partial charge in [-0.05, 0) is 32.4 Å². The molecule has 2 atom stereocenters. The van der Waals surface area contributed by atoms with Gasteiger partial charge in [0.25, 0.3) is 0 Å². The zero-order valence-electron chi connectivity index (χ0n) is 12.8. The van der Waals surface area contributed by atoms with E-state index in [-0.39, 0.29) is 35.1 Å². The van der Waals surface area contributed by atoms with Gasteiger partial charge in [0.15, 0.2) is 5.75 Å². The summed E-state index contributed by atoms with van der Waals surface area (Å²) in [7, 11) is 0. The van der Waals surface area contributed by atoms with Gasteiger partial charge in [-0.15, -0.1) is 0 Å². The van der Waals surface area contributed by atoms with E-state index in [0.29, 0.717) is 12.1 Å². The van der Waals surface area contributed by atoms with Gasteiger partial charge < -0.3 is 15.2 Å². The third-order valence-corrected chi connectivity index (χ3v) is 4.09. The summed E-state index contributed by atoms with van der Waals surface area (Å²) < 4.78 is 5.52. The van der Waals surface area contributed by atoms with E-state index in [1.165, 1.54) is 0 Å². The minimum atomic E-state index is -0.428. The average molecular weight is 294 g/mol. The van der Waals surface area contributed by atoms with Crippen LogP contribution in [0.1, 0.15) is 34.1 Å². The SMILES string of the molecule is CC(C)Oc1cccc(NC2CC(O)C2(C)C)c1[N+](=O)[O-]. The molecule has 6 heteroatoms. The number of anilines is 1. The minimum absolute atomic E-state index is 0.000463. The molecule has 0 heterocycles. The molecule has 0 bridgehead atoms. The number of nitro benzene ring substituents is 1. The molecule has 1 aromatic rings. The molecule has 0 amide bonds. The van der Waals surface area contributed by atoms with Crippen LogP contribution in [0.2, 0.25) is 0 Å². The van der Waals surface area contributed by atoms with E-state index in [1.54, 1.807) is 18.2 Å². The number of nitro groups is 1. The Morgan fingerprint density at radius 3 is 2.62 bits per heavy atom. The molecule has 2 unspecified atom stereocenters. The van der Waals surface area contributed by atoms with Crippen LogP contribution in [-0.2, 0) is 0 Å². The number of aliphatic hydroxyl groups excluding tert-OH is 1. The minimum Gasteiger partial charge on any atom is -0.484 e. The Bertz CT molecular complexity index is 542. The van der Waals surface area contributed by atoms with Gasteiger partial charge in [0, 0.05) is 11.5 Å². The smallest absolute Gasteiger partial charge is 0.333 e. The molecule has 1 aliphatic carbocycles. The van der Waals surface area contributed by atoms with Crippen LogP contribution in [0.3, 0.4) is 0 Å². The van der Waals surface area contributed by atoms with Crippen LogP contribution >= 0.6 is 0 Å². The molecule has 0 radical (unpaired) electrons. The lowest BCUT2D eigenvalue weighted by Gasteiger charge is -2.49. The maximum atomic E-state index is 11.4. The lowest BCUT2D eigenvalue weighted by Crippen LogP contribution is -2.56. The number of rotatable bonds is 5. The van der Waals surface area contributed by atoms with Gasteiger partial charge in [-0.2, -0.15) is 0 Å². The van der Waals surface area contributed by atoms with E-state index in [1.807, 2.05) is 27.7 Å². The Balaban J connectivity index is 2.29. The highest BCUT2D eigenvalue weighted by Gasteiger charge is 2.47. The number of hydrogen-bond donors (Lipinski definition) is 2. The highest BCUT2D eigenvalue weighted by Crippen LogP contribution is 2.44. The van der Waals surface area contributed by atoms with Crippen molar-refractivity contribution in [2.75, 3.05) is 5.32 Å². The van der Waals surface area contributed by atoms with Crippen molar-refractivity contribution >= 4 is 11.4 Å². The Morgan fingerprint density at radius 2 is 2.14 bits per heavy atom. The van der Waals surface area contributed by atoms with Gasteiger partial charge in [0.05, 0.1) is 17.1 Å². The summed E-state index contributed by atoms with van der Waals surface area (Å²) >= 11 is 0. The van der Waals surface area contributed by atoms with Gasteiger partial charge in [0.2, 0.25) is 0 Å². The summed E-state index contributed by atoms with van der Waals surface area (Å²) in [6, 6.07) is 5.01. The molecule has 1 aromatic carbocycles. The molecule has 0 saturated heterocycles. The van der Waals surface area contributed by atoms with Gasteiger partial charge in [-0.1, -0.05) is 19.9 Å². The lowest BCUT2D eigenvalue weighted by atomic mass is 9.64. The van der Waals surface area contributed by atoms with Crippen molar-refractivity contribution in [1.82, 2.24) is 0 Å². The number of ether oxygens (including phenoxy) is 1. The third kappa shape index (κ3) is 2.95. The van der Waals surface area contributed by atoms with Crippen LogP contribution in [0.25, 0.3) is 0 Å². The molecule has 0 spiro atoms. The molecule has 2 N–H and O–H groups in total. The summed E-state index contributed by atoms with van der Waals surface area (Å²) in [4.78, 5) is 10.9. The first-order chi connectivity index (χ1) is 9.73. The molecular formula is C15H22N2O4. The zero-order chi connectivity index (χ0) is 15.8. The third-order valence-electron chi connectivity index (χ3n) is 4.09. The first kappa shape index (κ1) is 15.6. The Morgan fingerprint density at radius 1 is 1.48 bits per heavy atom. The molecule has 1 fully saturated rings. The topological polar surface area (TPSA) is 84.6 Å². The summed E-state index contributed by atoms with van der Waals surface area (Å²) in [5.41, 5.74) is 0.0782. The number of para-hydroxylation sites is 1. The molecular weight excluding hydrogens is 272 g/mol. The first-order valence-corrected chi connectivity index (χ1v) is 7.12. The number of benzene rings is 1. The monoisotopic (exact) mass is 294 g/mol. The predicted octanol–water partition coefficient (Wildman–Crippen LogP) is 2.95. The van der Waals surface area contributed by atoms with E-state index in [2.05, 4.69) is 5.32 Å². The fourth-order valence-electron chi connectivity index (χ4n) is 2.51. The van der Waals surface area contributed by atoms with Crippen LogP contribution in [0.15, 0.2) is 18.2 Å². The molecule has 1 aliphatic rings. The normalized spacial score (nSPS) is 23.5. The Kier molecular flexibility index (Phi) is 4.09. The van der Waals surface area contributed by atoms with E-state index in [9.17, 15) is 15.2 Å². The van der Waals surface area contributed by atoms with Gasteiger partial charge in [-0.3, -0.25) is 10.1 Å². The molecule has 116 valence electrons. The maximum absolute atomic E-state index is 11.4. The van der Waals surface area contributed by atoms with E-state index in [4.69, 9.17) is 4.74 Å². The van der Waals surface area contributed by atoms with Crippen LogP contribution in [0.5, 0.6) is 5.75 Å². The molecule has 6 nitrogen and oxygen atoms in total. The van der Waals surface area contributed by atoms with Crippen molar-refractivity contribution in [2.45, 2.75) is 52.4 Å². The average Bonchev–Trinajstić information content (AvgIpc) is 2.37. The van der Waals surface area contributed by atoms with Crippen molar-refractivity contribution in [1.29, 1.82) is 0 Å². The zero-order valence-corrected chi connectivity index (χ0v) is 12.8. The Labute approximate surface area is 124 Å². The Hall–Kier alpha value is -1.82. The molecule has 21 heavy (non-hydrogen) atoms. The maximum Gasteiger partial charge on any atom is 0.333 e. The second-order valence-electron chi connectivity index (χ2n) is 6.35. The van der Waals surface area contributed by atoms with Crippen molar-refractivity contribution in [2.24, 2.45) is 5.41 Å². The molecule has 2 rings (SSSR count). The largest absolute Gasteiger partial charge is 0.484 e. The number of nitrogens with one attached hydrogen (secondary N) is 1. The fraction of sp³-hybridized carbons (Fsp3) is 0.600. The van der Waals surface area contributed by atoms with Crippen LogP contribution in [-0.4, -0.2) is 28.3 Å². The number of nitrogens with zero attached hydrogens (tertiary/aromatic N) is 1. The number of hydrogen-bond acceptors (Lipinski definition) is 5. The van der Waals surface area contributed by atoms with E-state index >= 15 is 0 Å². The molecule has 0 aliphatic heterocycles. The summed E-state index contributed by atoms with van der Waals surface area (Å²) in [6.45, 7) is 7.54. The summed E-state index contributed by atoms with van der Waals surface area (Å²) in [5.74, 6) is 0.262. The second-order valence-corrected chi connectivity index (χ2v) is 6.35. The lowest BCUT2D eigenvalue weighted by molar-refractivity contribution is -0.385. The van der Waals surface area contributed by atoms with Gasteiger partial charge in [0.1, 0.15) is 5.69 Å². The van der Waals surface area contributed by atoms with Gasteiger partial charge >= 0.3 is 5.69 Å². The van der Waals surface area contributed by atoms with Crippen LogP contribution in [0, 0.1) is 15.5 Å². The van der Waals surface area contributed by atoms with Gasteiger partial charge in [-0.25, -0.2) is 0 Å². The van der Waals surface area contributed by atoms with E-state index in [0.717, 1.165) is 0 Å². The van der Waals surface area contributed by atoms with E-state index < -0.39 is 4.92 Å². The first-order valence-electron chi connectivity index (χ1n) is 7.12. The quantitative estimate of drug-likeness (QED) is 0.644. The predicted molar refractivity (Wildman–Crippen MR) is 80.7 cm³/mol. The standard InChI is InChI=1S/C15H22N2O4/c1-9(2)21-11-7-5-6-10(14(11)17(19)20)16-12-8-13(18)15(12,3)4/h5-7,9,12-13,16,18H,8H2,1-4H3. The molecule has 1 saturated carbocycles. The van der Waals surface area contributed by atoms with Crippen molar-refractivity contribution in [3.8, 4) is 5.75 Å². The van der Waals surface area contributed by atoms with Crippen LogP contribution < -0.4 is 10.1 Å². The summed E-state index contributed by atoms with van der Waals surface area (Å²) in [5, 5.41) is 24.3. The molecule has 0 aromatic heterocycles. The van der Waals surface area contributed by atoms with Crippen molar-refractivity contribution < 1.29 is 14.8 Å². The van der Waals surface area contributed by atoms with Crippen molar-refractivity contribution in [3.63, 3.8) is 0 Å². The summed E-state index contributed by atoms with van der Waals surface area (Å²) in [6.07, 6.45) is 0.0597. The highest BCUT2D eigenvalue weighted by atomic mass is 16.6. The highest BCUT2D eigenvalue weighted by molar-refractivity contribution is 5.69. The number of aliphatic hydroxyl groups is 1. The van der Waals surface area contributed by atoms with Crippen LogP contribution in [0.4, 0.5) is 11.4 Å². The second kappa shape index (κ2) is 5.52. The fourth-order valence-corrected chi connectivity index (χ4v) is 2.51. The van der Waals surface area contributed by atoms with Crippen molar-refractivity contribution in [3.05, 3.63) is 28.3 Å².